The van der Waals surface area contributed by atoms with Gasteiger partial charge in [-0.25, -0.2) is 15.0 Å². The fourth-order valence-corrected chi connectivity index (χ4v) is 2.40. The Bertz CT molecular complexity index is 559. The van der Waals surface area contributed by atoms with Crippen LogP contribution >= 0.6 is 11.6 Å². The molecule has 19 heavy (non-hydrogen) atoms. The van der Waals surface area contributed by atoms with Gasteiger partial charge in [0.25, 0.3) is 0 Å². The van der Waals surface area contributed by atoms with E-state index < -0.39 is 0 Å². The van der Waals surface area contributed by atoms with E-state index >= 15 is 0 Å². The van der Waals surface area contributed by atoms with Crippen molar-refractivity contribution in [1.82, 2.24) is 15.0 Å². The van der Waals surface area contributed by atoms with Gasteiger partial charge in [0.15, 0.2) is 5.82 Å². The van der Waals surface area contributed by atoms with Crippen LogP contribution in [-0.2, 0) is 0 Å². The molecule has 0 N–H and O–H groups in total. The standard InChI is InChI=1S/C14H16ClN3O/c1-8(2)12-9(3)17-14(18-13(12)15)10-5-6-11(19-4)16-7-10/h5-8H,1-4H3. The highest BCUT2D eigenvalue weighted by Gasteiger charge is 2.14. The highest BCUT2D eigenvalue weighted by atomic mass is 35.5. The monoisotopic (exact) mass is 277 g/mol. The number of halogens is 1. The number of nitrogens with zero attached hydrogens (tertiary/aromatic N) is 3. The molecule has 0 atom stereocenters. The number of pyridine rings is 1. The van der Waals surface area contributed by atoms with E-state index in [-0.39, 0.29) is 0 Å². The summed E-state index contributed by atoms with van der Waals surface area (Å²) in [7, 11) is 1.58. The van der Waals surface area contributed by atoms with Crippen molar-refractivity contribution in [1.29, 1.82) is 0 Å². The van der Waals surface area contributed by atoms with Gasteiger partial charge in [0.1, 0.15) is 5.15 Å². The Kier molecular flexibility index (Phi) is 4.00. The highest BCUT2D eigenvalue weighted by molar-refractivity contribution is 6.30. The number of hydrogen-bond donors (Lipinski definition) is 0. The second-order valence-corrected chi connectivity index (χ2v) is 4.94. The minimum atomic E-state index is 0.301. The van der Waals surface area contributed by atoms with Crippen LogP contribution in [0.2, 0.25) is 5.15 Å². The number of aromatic nitrogens is 3. The van der Waals surface area contributed by atoms with Crippen molar-refractivity contribution in [3.8, 4) is 17.3 Å². The van der Waals surface area contributed by atoms with E-state index in [0.717, 1.165) is 16.8 Å². The van der Waals surface area contributed by atoms with E-state index in [2.05, 4.69) is 28.8 Å². The molecule has 0 aliphatic rings. The molecule has 0 amide bonds. The molecule has 0 saturated heterocycles. The Balaban J connectivity index is 2.45. The third-order valence-corrected chi connectivity index (χ3v) is 3.16. The molecule has 2 aromatic heterocycles. The molecular weight excluding hydrogens is 262 g/mol. The number of rotatable bonds is 3. The Morgan fingerprint density at radius 2 is 1.95 bits per heavy atom. The van der Waals surface area contributed by atoms with Gasteiger partial charge in [-0.15, -0.1) is 0 Å². The first kappa shape index (κ1) is 13.7. The molecule has 2 rings (SSSR count). The topological polar surface area (TPSA) is 47.9 Å². The summed E-state index contributed by atoms with van der Waals surface area (Å²) in [5, 5.41) is 0.508. The lowest BCUT2D eigenvalue weighted by atomic mass is 10.0. The molecule has 2 heterocycles. The third kappa shape index (κ3) is 2.84. The van der Waals surface area contributed by atoms with Gasteiger partial charge in [0, 0.05) is 29.1 Å². The Morgan fingerprint density at radius 1 is 1.21 bits per heavy atom. The van der Waals surface area contributed by atoms with Crippen LogP contribution in [0.3, 0.4) is 0 Å². The molecule has 2 aromatic rings. The molecular formula is C14H16ClN3O. The van der Waals surface area contributed by atoms with Gasteiger partial charge < -0.3 is 4.74 Å². The zero-order valence-electron chi connectivity index (χ0n) is 11.4. The SMILES string of the molecule is COc1ccc(-c2nc(C)c(C(C)C)c(Cl)n2)cn1. The summed E-state index contributed by atoms with van der Waals surface area (Å²) in [5.41, 5.74) is 2.72. The van der Waals surface area contributed by atoms with Crippen LogP contribution in [0.25, 0.3) is 11.4 Å². The minimum absolute atomic E-state index is 0.301. The summed E-state index contributed by atoms with van der Waals surface area (Å²) in [4.78, 5) is 13.0. The van der Waals surface area contributed by atoms with Gasteiger partial charge in [-0.3, -0.25) is 0 Å². The van der Waals surface area contributed by atoms with E-state index in [1.54, 1.807) is 19.4 Å². The molecule has 0 spiro atoms. The summed E-state index contributed by atoms with van der Waals surface area (Å²) < 4.78 is 5.03. The maximum absolute atomic E-state index is 6.24. The summed E-state index contributed by atoms with van der Waals surface area (Å²) in [5.74, 6) is 1.45. The van der Waals surface area contributed by atoms with Crippen molar-refractivity contribution >= 4 is 11.6 Å². The van der Waals surface area contributed by atoms with Crippen LogP contribution < -0.4 is 4.74 Å². The smallest absolute Gasteiger partial charge is 0.212 e. The molecule has 0 bridgehead atoms. The van der Waals surface area contributed by atoms with Crippen LogP contribution in [0.5, 0.6) is 5.88 Å². The Labute approximate surface area is 117 Å². The van der Waals surface area contributed by atoms with Gasteiger partial charge in [-0.1, -0.05) is 25.4 Å². The minimum Gasteiger partial charge on any atom is -0.481 e. The predicted octanol–water partition coefficient (Wildman–Crippen LogP) is 3.63. The second kappa shape index (κ2) is 5.53. The first-order valence-corrected chi connectivity index (χ1v) is 6.45. The second-order valence-electron chi connectivity index (χ2n) is 4.58. The summed E-state index contributed by atoms with van der Waals surface area (Å²) in [6, 6.07) is 3.64. The van der Waals surface area contributed by atoms with Crippen LogP contribution in [-0.4, -0.2) is 22.1 Å². The van der Waals surface area contributed by atoms with Gasteiger partial charge in [0.05, 0.1) is 7.11 Å². The van der Waals surface area contributed by atoms with Crippen molar-refractivity contribution in [2.75, 3.05) is 7.11 Å². The van der Waals surface area contributed by atoms with Crippen molar-refractivity contribution in [2.24, 2.45) is 0 Å². The molecule has 0 radical (unpaired) electrons. The van der Waals surface area contributed by atoms with Crippen LogP contribution in [0.15, 0.2) is 18.3 Å². The van der Waals surface area contributed by atoms with Gasteiger partial charge >= 0.3 is 0 Å². The lowest BCUT2D eigenvalue weighted by Gasteiger charge is -2.12. The first-order valence-electron chi connectivity index (χ1n) is 6.07. The van der Waals surface area contributed by atoms with Crippen molar-refractivity contribution in [3.05, 3.63) is 34.7 Å². The average Bonchev–Trinajstić information content (AvgIpc) is 2.37. The number of aryl methyl sites for hydroxylation is 1. The van der Waals surface area contributed by atoms with Crippen molar-refractivity contribution in [2.45, 2.75) is 26.7 Å². The first-order chi connectivity index (χ1) is 9.02. The normalized spacial score (nSPS) is 10.8. The third-order valence-electron chi connectivity index (χ3n) is 2.87. The maximum Gasteiger partial charge on any atom is 0.212 e. The largest absolute Gasteiger partial charge is 0.481 e. The summed E-state index contributed by atoms with van der Waals surface area (Å²) in [6.45, 7) is 6.10. The molecule has 5 heteroatoms. The Morgan fingerprint density at radius 3 is 2.42 bits per heavy atom. The lowest BCUT2D eigenvalue weighted by molar-refractivity contribution is 0.398. The van der Waals surface area contributed by atoms with Gasteiger partial charge in [-0.05, 0) is 18.9 Å². The molecule has 0 aliphatic heterocycles. The average molecular weight is 278 g/mol. The van der Waals surface area contributed by atoms with Gasteiger partial charge in [-0.2, -0.15) is 0 Å². The van der Waals surface area contributed by atoms with E-state index in [0.29, 0.717) is 22.8 Å². The van der Waals surface area contributed by atoms with Crippen LogP contribution in [0.4, 0.5) is 0 Å². The Hall–Kier alpha value is -1.68. The fourth-order valence-electron chi connectivity index (χ4n) is 1.96. The number of hydrogen-bond acceptors (Lipinski definition) is 4. The van der Waals surface area contributed by atoms with Crippen molar-refractivity contribution in [3.63, 3.8) is 0 Å². The lowest BCUT2D eigenvalue weighted by Crippen LogP contribution is -2.02. The zero-order valence-corrected chi connectivity index (χ0v) is 12.2. The number of ether oxygens (including phenoxy) is 1. The fraction of sp³-hybridized carbons (Fsp3) is 0.357. The van der Waals surface area contributed by atoms with Crippen molar-refractivity contribution < 1.29 is 4.74 Å². The molecule has 0 saturated carbocycles. The molecule has 0 aromatic carbocycles. The molecule has 0 unspecified atom stereocenters. The van der Waals surface area contributed by atoms with Crippen LogP contribution in [0, 0.1) is 6.92 Å². The van der Waals surface area contributed by atoms with Gasteiger partial charge in [0.2, 0.25) is 5.88 Å². The highest BCUT2D eigenvalue weighted by Crippen LogP contribution is 2.27. The summed E-state index contributed by atoms with van der Waals surface area (Å²) >= 11 is 6.24. The predicted molar refractivity (Wildman–Crippen MR) is 75.7 cm³/mol. The number of methoxy groups -OCH3 is 1. The molecule has 4 nitrogen and oxygen atoms in total. The quantitative estimate of drug-likeness (QED) is 0.804. The van der Waals surface area contributed by atoms with E-state index in [9.17, 15) is 0 Å². The molecule has 0 aliphatic carbocycles. The zero-order chi connectivity index (χ0) is 14.0. The van der Waals surface area contributed by atoms with E-state index in [4.69, 9.17) is 16.3 Å². The molecule has 100 valence electrons. The summed E-state index contributed by atoms with van der Waals surface area (Å²) in [6.07, 6.45) is 1.68. The van der Waals surface area contributed by atoms with Crippen LogP contribution in [0.1, 0.15) is 31.0 Å². The molecule has 0 fully saturated rings. The van der Waals surface area contributed by atoms with E-state index in [1.165, 1.54) is 0 Å². The maximum atomic E-state index is 6.24. The van der Waals surface area contributed by atoms with E-state index in [1.807, 2.05) is 13.0 Å².